The molecular formula is C14H16N8O. The van der Waals surface area contributed by atoms with Crippen LogP contribution in [0.2, 0.25) is 0 Å². The van der Waals surface area contributed by atoms with Crippen molar-refractivity contribution in [2.75, 3.05) is 0 Å². The first kappa shape index (κ1) is 14.8. The number of carbonyl (C=O) groups excluding carboxylic acids is 1. The lowest BCUT2D eigenvalue weighted by Crippen LogP contribution is -2.19. The number of hydrazone groups is 1. The van der Waals surface area contributed by atoms with Crippen LogP contribution in [0.3, 0.4) is 0 Å². The Morgan fingerprint density at radius 2 is 2.04 bits per heavy atom. The Morgan fingerprint density at radius 1 is 1.26 bits per heavy atom. The summed E-state index contributed by atoms with van der Waals surface area (Å²) in [5.74, 6) is -0.0867. The summed E-state index contributed by atoms with van der Waals surface area (Å²) in [6.07, 6.45) is 3.34. The molecule has 0 saturated heterocycles. The quantitative estimate of drug-likeness (QED) is 0.562. The molecule has 118 valence electrons. The summed E-state index contributed by atoms with van der Waals surface area (Å²) >= 11 is 0. The van der Waals surface area contributed by atoms with Gasteiger partial charge in [0.2, 0.25) is 5.82 Å². The van der Waals surface area contributed by atoms with Gasteiger partial charge in [0.25, 0.3) is 5.78 Å². The molecule has 0 radical (unpaired) electrons. The lowest BCUT2D eigenvalue weighted by atomic mass is 10.3. The van der Waals surface area contributed by atoms with Crippen LogP contribution in [0.25, 0.3) is 5.78 Å². The van der Waals surface area contributed by atoms with Crippen molar-refractivity contribution in [3.8, 4) is 0 Å². The summed E-state index contributed by atoms with van der Waals surface area (Å²) in [6, 6.07) is 1.87. The molecule has 0 bridgehead atoms. The summed E-state index contributed by atoms with van der Waals surface area (Å²) < 4.78 is 3.20. The predicted octanol–water partition coefficient (Wildman–Crippen LogP) is 0.547. The van der Waals surface area contributed by atoms with Crippen LogP contribution < -0.4 is 5.43 Å². The van der Waals surface area contributed by atoms with Gasteiger partial charge in [-0.25, -0.2) is 14.9 Å². The highest BCUT2D eigenvalue weighted by atomic mass is 16.2. The van der Waals surface area contributed by atoms with E-state index in [0.29, 0.717) is 5.78 Å². The average Bonchev–Trinajstić information content (AvgIpc) is 3.02. The third-order valence-electron chi connectivity index (χ3n) is 3.24. The molecule has 0 saturated carbocycles. The molecule has 9 nitrogen and oxygen atoms in total. The van der Waals surface area contributed by atoms with Crippen molar-refractivity contribution < 1.29 is 4.79 Å². The molecule has 0 aliphatic carbocycles. The van der Waals surface area contributed by atoms with Gasteiger partial charge in [0.05, 0.1) is 11.9 Å². The van der Waals surface area contributed by atoms with E-state index < -0.39 is 5.91 Å². The normalized spacial score (nSPS) is 11.5. The topological polar surface area (TPSA) is 102 Å². The Hall–Kier alpha value is -3.10. The van der Waals surface area contributed by atoms with Crippen LogP contribution >= 0.6 is 0 Å². The zero-order valence-corrected chi connectivity index (χ0v) is 13.3. The van der Waals surface area contributed by atoms with E-state index in [1.165, 1.54) is 10.7 Å². The second-order valence-electron chi connectivity index (χ2n) is 5.23. The molecule has 0 fully saturated rings. The van der Waals surface area contributed by atoms with Gasteiger partial charge in [-0.15, -0.1) is 5.10 Å². The van der Waals surface area contributed by atoms with Gasteiger partial charge in [-0.05, 0) is 26.8 Å². The Balaban J connectivity index is 1.78. The van der Waals surface area contributed by atoms with Crippen LogP contribution in [0.5, 0.6) is 0 Å². The fourth-order valence-electron chi connectivity index (χ4n) is 2.22. The van der Waals surface area contributed by atoms with Crippen LogP contribution in [-0.4, -0.2) is 41.5 Å². The summed E-state index contributed by atoms with van der Waals surface area (Å²) in [5.41, 5.74) is 5.73. The monoisotopic (exact) mass is 312 g/mol. The molecular weight excluding hydrogens is 296 g/mol. The molecule has 0 unspecified atom stereocenters. The molecule has 1 N–H and O–H groups in total. The van der Waals surface area contributed by atoms with Crippen LogP contribution in [0.15, 0.2) is 17.4 Å². The molecule has 3 aromatic heterocycles. The number of hydrogen-bond acceptors (Lipinski definition) is 6. The van der Waals surface area contributed by atoms with Gasteiger partial charge in [-0.3, -0.25) is 9.48 Å². The van der Waals surface area contributed by atoms with Gasteiger partial charge >= 0.3 is 5.91 Å². The third-order valence-corrected chi connectivity index (χ3v) is 3.24. The van der Waals surface area contributed by atoms with Crippen LogP contribution in [0.4, 0.5) is 0 Å². The summed E-state index contributed by atoms with van der Waals surface area (Å²) in [6.45, 7) is 5.60. The molecule has 0 aliphatic heterocycles. The second kappa shape index (κ2) is 5.59. The Bertz CT molecular complexity index is 920. The molecule has 0 aliphatic rings. The molecule has 9 heteroatoms. The first-order chi connectivity index (χ1) is 10.9. The second-order valence-corrected chi connectivity index (χ2v) is 5.23. The number of aromatic nitrogens is 6. The van der Waals surface area contributed by atoms with Crippen molar-refractivity contribution in [1.29, 1.82) is 0 Å². The lowest BCUT2D eigenvalue weighted by Gasteiger charge is -1.97. The van der Waals surface area contributed by atoms with Crippen molar-refractivity contribution in [3.05, 3.63) is 40.7 Å². The molecule has 3 heterocycles. The maximum atomic E-state index is 12.1. The maximum absolute atomic E-state index is 12.1. The average molecular weight is 312 g/mol. The molecule has 0 atom stereocenters. The summed E-state index contributed by atoms with van der Waals surface area (Å²) in [5, 5.41) is 12.2. The van der Waals surface area contributed by atoms with Crippen LogP contribution in [0.1, 0.15) is 33.3 Å². The van der Waals surface area contributed by atoms with Gasteiger partial charge in [-0.1, -0.05) is 0 Å². The standard InChI is InChI=1S/C14H16N8O/c1-8-5-9(2)22-14(16-8)17-12(20-22)13(23)18-15-6-11-7-21(4)19-10(11)3/h5-7H,1-4H3,(H,18,23)/b15-6-. The van der Waals surface area contributed by atoms with E-state index >= 15 is 0 Å². The largest absolute Gasteiger partial charge is 0.311 e. The Labute approximate surface area is 132 Å². The number of amides is 1. The minimum Gasteiger partial charge on any atom is -0.275 e. The highest BCUT2D eigenvalue weighted by Crippen LogP contribution is 2.05. The highest BCUT2D eigenvalue weighted by Gasteiger charge is 2.14. The van der Waals surface area contributed by atoms with E-state index in [1.807, 2.05) is 40.1 Å². The molecule has 0 aromatic carbocycles. The maximum Gasteiger partial charge on any atom is 0.311 e. The van der Waals surface area contributed by atoms with Crippen LogP contribution in [0, 0.1) is 20.8 Å². The van der Waals surface area contributed by atoms with Gasteiger partial charge in [0, 0.05) is 30.2 Å². The summed E-state index contributed by atoms with van der Waals surface area (Å²) in [4.78, 5) is 20.4. The van der Waals surface area contributed by atoms with Crippen molar-refractivity contribution in [3.63, 3.8) is 0 Å². The fourth-order valence-corrected chi connectivity index (χ4v) is 2.22. The van der Waals surface area contributed by atoms with Crippen molar-refractivity contribution in [2.24, 2.45) is 12.1 Å². The Morgan fingerprint density at radius 3 is 2.74 bits per heavy atom. The summed E-state index contributed by atoms with van der Waals surface area (Å²) in [7, 11) is 1.82. The number of rotatable bonds is 3. The van der Waals surface area contributed by atoms with E-state index in [1.54, 1.807) is 4.68 Å². The highest BCUT2D eigenvalue weighted by molar-refractivity contribution is 5.91. The molecule has 1 amide bonds. The van der Waals surface area contributed by atoms with Gasteiger partial charge in [-0.2, -0.15) is 15.2 Å². The fraction of sp³-hybridized carbons (Fsp3) is 0.286. The van der Waals surface area contributed by atoms with Crippen LogP contribution in [-0.2, 0) is 7.05 Å². The first-order valence-corrected chi connectivity index (χ1v) is 6.98. The first-order valence-electron chi connectivity index (χ1n) is 6.98. The SMILES string of the molecule is Cc1cc(C)n2nc(C(=O)N/N=C\c3cn(C)nc3C)nc2n1. The lowest BCUT2D eigenvalue weighted by molar-refractivity contribution is 0.0945. The number of hydrogen-bond donors (Lipinski definition) is 1. The predicted molar refractivity (Wildman–Crippen MR) is 83.3 cm³/mol. The molecule has 3 rings (SSSR count). The number of fused-ring (bicyclic) bond motifs is 1. The zero-order chi connectivity index (χ0) is 16.6. The van der Waals surface area contributed by atoms with E-state index in [0.717, 1.165) is 22.6 Å². The van der Waals surface area contributed by atoms with E-state index in [9.17, 15) is 4.79 Å². The van der Waals surface area contributed by atoms with Gasteiger partial charge < -0.3 is 0 Å². The molecule has 0 spiro atoms. The Kier molecular flexibility index (Phi) is 3.61. The van der Waals surface area contributed by atoms with E-state index in [-0.39, 0.29) is 5.82 Å². The number of nitrogens with one attached hydrogen (secondary N) is 1. The molecule has 23 heavy (non-hydrogen) atoms. The smallest absolute Gasteiger partial charge is 0.275 e. The number of carbonyl (C=O) groups is 1. The molecule has 3 aromatic rings. The van der Waals surface area contributed by atoms with Crippen molar-refractivity contribution >= 4 is 17.9 Å². The zero-order valence-electron chi connectivity index (χ0n) is 13.3. The van der Waals surface area contributed by atoms with E-state index in [4.69, 9.17) is 0 Å². The third kappa shape index (κ3) is 2.93. The van der Waals surface area contributed by atoms with Crippen molar-refractivity contribution in [2.45, 2.75) is 20.8 Å². The van der Waals surface area contributed by atoms with E-state index in [2.05, 4.69) is 30.7 Å². The van der Waals surface area contributed by atoms with Gasteiger partial charge in [0.1, 0.15) is 0 Å². The van der Waals surface area contributed by atoms with Crippen molar-refractivity contribution in [1.82, 2.24) is 34.8 Å². The minimum absolute atomic E-state index is 0.0197. The van der Waals surface area contributed by atoms with Gasteiger partial charge in [0.15, 0.2) is 0 Å². The number of aryl methyl sites for hydroxylation is 4. The number of nitrogens with zero attached hydrogens (tertiary/aromatic N) is 7. The minimum atomic E-state index is -0.495.